The standard InChI is InChI=1S/C20H26N4O4/c1-4-28-20(26)24-11-9-15(10-12-24)21-19(25)17-13-18(23(2)22-17)14-5-7-16(27-3)8-6-14/h5-8,13,15H,4,9-12H2,1-3H3,(H,21,25). The summed E-state index contributed by atoms with van der Waals surface area (Å²) in [7, 11) is 3.44. The minimum absolute atomic E-state index is 0.0182. The van der Waals surface area contributed by atoms with Gasteiger partial charge in [0.2, 0.25) is 0 Å². The van der Waals surface area contributed by atoms with Crippen LogP contribution in [0.3, 0.4) is 0 Å². The van der Waals surface area contributed by atoms with Gasteiger partial charge in [0, 0.05) is 31.7 Å². The van der Waals surface area contributed by atoms with Crippen LogP contribution in [0.25, 0.3) is 11.3 Å². The number of amides is 2. The Bertz CT molecular complexity index is 823. The molecule has 3 rings (SSSR count). The fraction of sp³-hybridized carbons (Fsp3) is 0.450. The molecule has 1 aliphatic rings. The first-order valence-electron chi connectivity index (χ1n) is 9.42. The highest BCUT2D eigenvalue weighted by atomic mass is 16.6. The second-order valence-electron chi connectivity index (χ2n) is 6.70. The Morgan fingerprint density at radius 3 is 2.50 bits per heavy atom. The lowest BCUT2D eigenvalue weighted by molar-refractivity contribution is 0.0856. The number of nitrogens with one attached hydrogen (secondary N) is 1. The van der Waals surface area contributed by atoms with Crippen LogP contribution >= 0.6 is 0 Å². The minimum Gasteiger partial charge on any atom is -0.497 e. The fourth-order valence-electron chi connectivity index (χ4n) is 3.29. The van der Waals surface area contributed by atoms with Crippen LogP contribution in [-0.4, -0.2) is 59.5 Å². The van der Waals surface area contributed by atoms with E-state index in [-0.39, 0.29) is 18.0 Å². The van der Waals surface area contributed by atoms with Crippen LogP contribution in [-0.2, 0) is 11.8 Å². The predicted molar refractivity (Wildman–Crippen MR) is 104 cm³/mol. The topological polar surface area (TPSA) is 85.7 Å². The first-order chi connectivity index (χ1) is 13.5. The van der Waals surface area contributed by atoms with E-state index in [0.717, 1.165) is 17.0 Å². The van der Waals surface area contributed by atoms with E-state index in [4.69, 9.17) is 9.47 Å². The van der Waals surface area contributed by atoms with Crippen molar-refractivity contribution in [2.24, 2.45) is 7.05 Å². The molecule has 1 aromatic heterocycles. The Hall–Kier alpha value is -3.03. The number of methoxy groups -OCH3 is 1. The van der Waals surface area contributed by atoms with Crippen molar-refractivity contribution in [3.63, 3.8) is 0 Å². The van der Waals surface area contributed by atoms with Gasteiger partial charge in [-0.2, -0.15) is 5.10 Å². The van der Waals surface area contributed by atoms with Crippen LogP contribution < -0.4 is 10.1 Å². The number of aryl methyl sites for hydroxylation is 1. The molecule has 1 aromatic carbocycles. The third kappa shape index (κ3) is 4.44. The van der Waals surface area contributed by atoms with Crippen molar-refractivity contribution < 1.29 is 19.1 Å². The molecule has 0 aliphatic carbocycles. The molecule has 8 heteroatoms. The Morgan fingerprint density at radius 1 is 1.21 bits per heavy atom. The summed E-state index contributed by atoms with van der Waals surface area (Å²) in [5.41, 5.74) is 2.18. The molecule has 0 saturated carbocycles. The lowest BCUT2D eigenvalue weighted by Gasteiger charge is -2.31. The molecule has 2 heterocycles. The lowest BCUT2D eigenvalue weighted by Crippen LogP contribution is -2.46. The van der Waals surface area contributed by atoms with Gasteiger partial charge in [-0.05, 0) is 50.1 Å². The van der Waals surface area contributed by atoms with Gasteiger partial charge in [0.15, 0.2) is 5.69 Å². The zero-order chi connectivity index (χ0) is 20.1. The Kier molecular flexibility index (Phi) is 6.18. The van der Waals surface area contributed by atoms with Gasteiger partial charge >= 0.3 is 6.09 Å². The largest absolute Gasteiger partial charge is 0.497 e. The van der Waals surface area contributed by atoms with E-state index in [1.54, 1.807) is 29.7 Å². The normalized spacial score (nSPS) is 14.6. The third-order valence-electron chi connectivity index (χ3n) is 4.85. The Balaban J connectivity index is 1.60. The molecule has 0 unspecified atom stereocenters. The van der Waals surface area contributed by atoms with Crippen molar-refractivity contribution in [3.05, 3.63) is 36.0 Å². The molecule has 1 fully saturated rings. The molecule has 1 N–H and O–H groups in total. The zero-order valence-corrected chi connectivity index (χ0v) is 16.5. The molecule has 1 aliphatic heterocycles. The molecule has 0 radical (unpaired) electrons. The van der Waals surface area contributed by atoms with Crippen LogP contribution in [0.15, 0.2) is 30.3 Å². The number of hydrogen-bond acceptors (Lipinski definition) is 5. The summed E-state index contributed by atoms with van der Waals surface area (Å²) in [5, 5.41) is 7.37. The molecule has 2 amide bonds. The van der Waals surface area contributed by atoms with Crippen LogP contribution in [0.2, 0.25) is 0 Å². The monoisotopic (exact) mass is 386 g/mol. The molecular weight excluding hydrogens is 360 g/mol. The second kappa shape index (κ2) is 8.77. The minimum atomic E-state index is -0.291. The van der Waals surface area contributed by atoms with Gasteiger partial charge in [0.25, 0.3) is 5.91 Å². The highest BCUT2D eigenvalue weighted by Gasteiger charge is 2.25. The van der Waals surface area contributed by atoms with Crippen molar-refractivity contribution in [2.75, 3.05) is 26.8 Å². The number of nitrogens with zero attached hydrogens (tertiary/aromatic N) is 3. The van der Waals surface area contributed by atoms with E-state index in [9.17, 15) is 9.59 Å². The van der Waals surface area contributed by atoms with E-state index in [2.05, 4.69) is 10.4 Å². The second-order valence-corrected chi connectivity index (χ2v) is 6.70. The number of rotatable bonds is 5. The summed E-state index contributed by atoms with van der Waals surface area (Å²) in [6.07, 6.45) is 1.10. The maximum Gasteiger partial charge on any atom is 0.409 e. The number of carbonyl (C=O) groups is 2. The molecule has 8 nitrogen and oxygen atoms in total. The Morgan fingerprint density at radius 2 is 1.89 bits per heavy atom. The van der Waals surface area contributed by atoms with Crippen molar-refractivity contribution in [1.82, 2.24) is 20.0 Å². The maximum atomic E-state index is 12.6. The number of piperidine rings is 1. The van der Waals surface area contributed by atoms with Gasteiger partial charge in [0.05, 0.1) is 19.4 Å². The fourth-order valence-corrected chi connectivity index (χ4v) is 3.29. The molecule has 1 saturated heterocycles. The van der Waals surface area contributed by atoms with Gasteiger partial charge in [-0.15, -0.1) is 0 Å². The zero-order valence-electron chi connectivity index (χ0n) is 16.5. The first kappa shape index (κ1) is 19.7. The average Bonchev–Trinajstić information content (AvgIpc) is 3.10. The smallest absolute Gasteiger partial charge is 0.409 e. The van der Waals surface area contributed by atoms with Crippen LogP contribution in [0, 0.1) is 0 Å². The highest BCUT2D eigenvalue weighted by molar-refractivity contribution is 5.93. The number of carbonyl (C=O) groups excluding carboxylic acids is 2. The summed E-state index contributed by atoms with van der Waals surface area (Å²) in [4.78, 5) is 26.1. The molecule has 150 valence electrons. The molecule has 0 atom stereocenters. The summed E-state index contributed by atoms with van der Waals surface area (Å²) in [6, 6.07) is 9.42. The molecule has 0 bridgehead atoms. The van der Waals surface area contributed by atoms with Gasteiger partial charge in [-0.25, -0.2) is 4.79 Å². The molecular formula is C20H26N4O4. The van der Waals surface area contributed by atoms with Gasteiger partial charge in [0.1, 0.15) is 5.75 Å². The van der Waals surface area contributed by atoms with E-state index in [1.165, 1.54) is 0 Å². The third-order valence-corrected chi connectivity index (χ3v) is 4.85. The van der Waals surface area contributed by atoms with E-state index >= 15 is 0 Å². The summed E-state index contributed by atoms with van der Waals surface area (Å²) in [5.74, 6) is 0.572. The number of benzene rings is 1. The van der Waals surface area contributed by atoms with Gasteiger partial charge in [-0.3, -0.25) is 9.48 Å². The van der Waals surface area contributed by atoms with E-state index in [0.29, 0.717) is 38.2 Å². The number of aromatic nitrogens is 2. The highest BCUT2D eigenvalue weighted by Crippen LogP contribution is 2.23. The number of likely N-dealkylation sites (tertiary alicyclic amines) is 1. The molecule has 28 heavy (non-hydrogen) atoms. The average molecular weight is 386 g/mol. The van der Waals surface area contributed by atoms with E-state index < -0.39 is 0 Å². The molecule has 2 aromatic rings. The van der Waals surface area contributed by atoms with Gasteiger partial charge in [-0.1, -0.05) is 0 Å². The van der Waals surface area contributed by atoms with Crippen molar-refractivity contribution >= 4 is 12.0 Å². The summed E-state index contributed by atoms with van der Waals surface area (Å²) in [6.45, 7) is 3.30. The van der Waals surface area contributed by atoms with Crippen molar-refractivity contribution in [1.29, 1.82) is 0 Å². The predicted octanol–water partition coefficient (Wildman–Crippen LogP) is 2.45. The van der Waals surface area contributed by atoms with E-state index in [1.807, 2.05) is 31.3 Å². The summed E-state index contributed by atoms with van der Waals surface area (Å²) < 4.78 is 11.9. The summed E-state index contributed by atoms with van der Waals surface area (Å²) >= 11 is 0. The number of ether oxygens (including phenoxy) is 2. The van der Waals surface area contributed by atoms with Crippen molar-refractivity contribution in [3.8, 4) is 17.0 Å². The van der Waals surface area contributed by atoms with Crippen LogP contribution in [0.4, 0.5) is 4.79 Å². The van der Waals surface area contributed by atoms with Gasteiger partial charge < -0.3 is 19.7 Å². The number of hydrogen-bond donors (Lipinski definition) is 1. The van der Waals surface area contributed by atoms with Crippen LogP contribution in [0.1, 0.15) is 30.3 Å². The maximum absolute atomic E-state index is 12.6. The van der Waals surface area contributed by atoms with Crippen LogP contribution in [0.5, 0.6) is 5.75 Å². The first-order valence-corrected chi connectivity index (χ1v) is 9.42. The SMILES string of the molecule is CCOC(=O)N1CCC(NC(=O)c2cc(-c3ccc(OC)cc3)n(C)n2)CC1. The quantitative estimate of drug-likeness (QED) is 0.853. The van der Waals surface area contributed by atoms with Crippen molar-refractivity contribution in [2.45, 2.75) is 25.8 Å². The lowest BCUT2D eigenvalue weighted by atomic mass is 10.1. The molecule has 0 spiro atoms. The Labute approximate surface area is 164 Å².